The highest BCUT2D eigenvalue weighted by Gasteiger charge is 2.27. The summed E-state index contributed by atoms with van der Waals surface area (Å²) >= 11 is 0. The van der Waals surface area contributed by atoms with Crippen molar-refractivity contribution in [3.63, 3.8) is 0 Å². The van der Waals surface area contributed by atoms with E-state index in [0.717, 1.165) is 37.1 Å². The standard InChI is InChI=1S/C18H18F2N2O/c19-14-8-4-9-15(20)18(14)21-17(23)12-22-11-5-10-16(22)13-6-2-1-3-7-13/h1-4,6-9,16H,5,10-12H2,(H,21,23)/t16-/m0/s1. The molecule has 0 aromatic heterocycles. The molecule has 0 unspecified atom stereocenters. The Balaban J connectivity index is 1.68. The van der Waals surface area contributed by atoms with Crippen LogP contribution < -0.4 is 5.32 Å². The van der Waals surface area contributed by atoms with Crippen LogP contribution in [0.25, 0.3) is 0 Å². The number of benzene rings is 2. The molecule has 2 aromatic rings. The minimum Gasteiger partial charge on any atom is -0.320 e. The lowest BCUT2D eigenvalue weighted by atomic mass is 10.0. The summed E-state index contributed by atoms with van der Waals surface area (Å²) in [4.78, 5) is 14.2. The largest absolute Gasteiger partial charge is 0.320 e. The molecule has 3 nitrogen and oxygen atoms in total. The van der Waals surface area contributed by atoms with Gasteiger partial charge in [0.1, 0.15) is 17.3 Å². The molecule has 1 atom stereocenters. The van der Waals surface area contributed by atoms with Gasteiger partial charge in [-0.25, -0.2) is 8.78 Å². The molecule has 1 amide bonds. The smallest absolute Gasteiger partial charge is 0.238 e. The fourth-order valence-electron chi connectivity index (χ4n) is 3.05. The number of amides is 1. The number of rotatable bonds is 4. The van der Waals surface area contributed by atoms with Crippen LogP contribution in [-0.4, -0.2) is 23.9 Å². The molecular weight excluding hydrogens is 298 g/mol. The average molecular weight is 316 g/mol. The summed E-state index contributed by atoms with van der Waals surface area (Å²) in [6, 6.07) is 13.7. The van der Waals surface area contributed by atoms with Gasteiger partial charge in [-0.2, -0.15) is 0 Å². The third-order valence-corrected chi connectivity index (χ3v) is 4.12. The molecule has 3 rings (SSSR count). The zero-order valence-corrected chi connectivity index (χ0v) is 12.6. The summed E-state index contributed by atoms with van der Waals surface area (Å²) in [5.41, 5.74) is 0.780. The van der Waals surface area contributed by atoms with E-state index in [1.54, 1.807) is 0 Å². The zero-order chi connectivity index (χ0) is 16.2. The molecule has 0 saturated carbocycles. The molecule has 0 spiro atoms. The van der Waals surface area contributed by atoms with Crippen LogP contribution in [0.5, 0.6) is 0 Å². The van der Waals surface area contributed by atoms with E-state index in [1.165, 1.54) is 6.07 Å². The minimum absolute atomic E-state index is 0.118. The molecule has 1 aliphatic rings. The second kappa shape index (κ2) is 6.87. The monoisotopic (exact) mass is 316 g/mol. The first kappa shape index (κ1) is 15.6. The number of hydrogen-bond donors (Lipinski definition) is 1. The van der Waals surface area contributed by atoms with E-state index >= 15 is 0 Å². The maximum Gasteiger partial charge on any atom is 0.238 e. The van der Waals surface area contributed by atoms with Gasteiger partial charge in [0.25, 0.3) is 0 Å². The lowest BCUT2D eigenvalue weighted by Gasteiger charge is -2.24. The first-order valence-electron chi connectivity index (χ1n) is 7.68. The van der Waals surface area contributed by atoms with Crippen molar-refractivity contribution < 1.29 is 13.6 Å². The highest BCUT2D eigenvalue weighted by atomic mass is 19.1. The van der Waals surface area contributed by atoms with Gasteiger partial charge in [-0.05, 0) is 37.1 Å². The molecule has 120 valence electrons. The molecule has 0 bridgehead atoms. The highest BCUT2D eigenvalue weighted by molar-refractivity contribution is 5.92. The molecule has 1 N–H and O–H groups in total. The summed E-state index contributed by atoms with van der Waals surface area (Å²) in [6.07, 6.45) is 1.98. The molecule has 5 heteroatoms. The summed E-state index contributed by atoms with van der Waals surface area (Å²) < 4.78 is 27.2. The van der Waals surface area contributed by atoms with Gasteiger partial charge in [0, 0.05) is 6.04 Å². The van der Waals surface area contributed by atoms with E-state index < -0.39 is 17.5 Å². The second-order valence-corrected chi connectivity index (χ2v) is 5.68. The third-order valence-electron chi connectivity index (χ3n) is 4.12. The Bertz CT molecular complexity index is 670. The number of nitrogens with zero attached hydrogens (tertiary/aromatic N) is 1. The number of likely N-dealkylation sites (tertiary alicyclic amines) is 1. The first-order chi connectivity index (χ1) is 11.1. The number of carbonyl (C=O) groups is 1. The molecular formula is C18H18F2N2O. The Morgan fingerprint density at radius 3 is 2.48 bits per heavy atom. The van der Waals surface area contributed by atoms with Crippen molar-refractivity contribution in [2.75, 3.05) is 18.4 Å². The lowest BCUT2D eigenvalue weighted by molar-refractivity contribution is -0.117. The molecule has 23 heavy (non-hydrogen) atoms. The van der Waals surface area contributed by atoms with E-state index in [1.807, 2.05) is 35.2 Å². The number of hydrogen-bond acceptors (Lipinski definition) is 2. The minimum atomic E-state index is -0.764. The molecule has 2 aromatic carbocycles. The Kier molecular flexibility index (Phi) is 4.67. The van der Waals surface area contributed by atoms with Crippen molar-refractivity contribution in [1.29, 1.82) is 0 Å². The van der Waals surface area contributed by atoms with E-state index in [9.17, 15) is 13.6 Å². The zero-order valence-electron chi connectivity index (χ0n) is 12.6. The molecule has 0 radical (unpaired) electrons. The Hall–Kier alpha value is -2.27. The molecule has 1 heterocycles. The predicted octanol–water partition coefficient (Wildman–Crippen LogP) is 3.74. The Morgan fingerprint density at radius 1 is 1.09 bits per heavy atom. The molecule has 1 aliphatic heterocycles. The SMILES string of the molecule is O=C(CN1CCC[C@H]1c1ccccc1)Nc1c(F)cccc1F. The van der Waals surface area contributed by atoms with Crippen LogP contribution >= 0.6 is 0 Å². The van der Waals surface area contributed by atoms with Crippen molar-refractivity contribution in [1.82, 2.24) is 4.90 Å². The number of carbonyl (C=O) groups excluding carboxylic acids is 1. The van der Waals surface area contributed by atoms with Gasteiger partial charge in [-0.1, -0.05) is 36.4 Å². The summed E-state index contributed by atoms with van der Waals surface area (Å²) in [5.74, 6) is -1.93. The maximum absolute atomic E-state index is 13.6. The van der Waals surface area contributed by atoms with Gasteiger partial charge in [-0.15, -0.1) is 0 Å². The fraction of sp³-hybridized carbons (Fsp3) is 0.278. The van der Waals surface area contributed by atoms with Crippen LogP contribution in [0.4, 0.5) is 14.5 Å². The van der Waals surface area contributed by atoms with Gasteiger partial charge < -0.3 is 5.32 Å². The number of nitrogens with one attached hydrogen (secondary N) is 1. The van der Waals surface area contributed by atoms with Crippen LogP contribution in [0.15, 0.2) is 48.5 Å². The van der Waals surface area contributed by atoms with E-state index in [2.05, 4.69) is 5.32 Å². The first-order valence-corrected chi connectivity index (χ1v) is 7.68. The molecule has 1 saturated heterocycles. The summed E-state index contributed by atoms with van der Waals surface area (Å²) in [7, 11) is 0. The maximum atomic E-state index is 13.6. The van der Waals surface area contributed by atoms with E-state index in [4.69, 9.17) is 0 Å². The second-order valence-electron chi connectivity index (χ2n) is 5.68. The van der Waals surface area contributed by atoms with Crippen LogP contribution in [0.2, 0.25) is 0 Å². The van der Waals surface area contributed by atoms with Crippen LogP contribution in [0.1, 0.15) is 24.4 Å². The van der Waals surface area contributed by atoms with Crippen LogP contribution in [0, 0.1) is 11.6 Å². The van der Waals surface area contributed by atoms with Crippen molar-refractivity contribution in [3.05, 3.63) is 65.7 Å². The normalized spacial score (nSPS) is 18.1. The Labute approximate surface area is 133 Å². The lowest BCUT2D eigenvalue weighted by Crippen LogP contribution is -2.33. The number of anilines is 1. The number of halogens is 2. The van der Waals surface area contributed by atoms with E-state index in [-0.39, 0.29) is 18.3 Å². The summed E-state index contributed by atoms with van der Waals surface area (Å²) in [5, 5.41) is 2.35. The van der Waals surface area contributed by atoms with Gasteiger partial charge >= 0.3 is 0 Å². The number of para-hydroxylation sites is 1. The molecule has 0 aliphatic carbocycles. The predicted molar refractivity (Wildman–Crippen MR) is 85.0 cm³/mol. The van der Waals surface area contributed by atoms with Crippen molar-refractivity contribution in [3.8, 4) is 0 Å². The van der Waals surface area contributed by atoms with Crippen LogP contribution in [-0.2, 0) is 4.79 Å². The van der Waals surface area contributed by atoms with Gasteiger partial charge in [0.15, 0.2) is 0 Å². The van der Waals surface area contributed by atoms with E-state index in [0.29, 0.717) is 0 Å². The quantitative estimate of drug-likeness (QED) is 0.932. The third kappa shape index (κ3) is 3.56. The van der Waals surface area contributed by atoms with Gasteiger partial charge in [0.05, 0.1) is 6.54 Å². The van der Waals surface area contributed by atoms with Gasteiger partial charge in [0.2, 0.25) is 5.91 Å². The highest BCUT2D eigenvalue weighted by Crippen LogP contribution is 2.31. The van der Waals surface area contributed by atoms with Crippen LogP contribution in [0.3, 0.4) is 0 Å². The van der Waals surface area contributed by atoms with Crippen molar-refractivity contribution >= 4 is 11.6 Å². The van der Waals surface area contributed by atoms with Gasteiger partial charge in [-0.3, -0.25) is 9.69 Å². The fourth-order valence-corrected chi connectivity index (χ4v) is 3.05. The Morgan fingerprint density at radius 2 is 1.78 bits per heavy atom. The average Bonchev–Trinajstić information content (AvgIpc) is 3.00. The van der Waals surface area contributed by atoms with Crippen molar-refractivity contribution in [2.24, 2.45) is 0 Å². The van der Waals surface area contributed by atoms with Crippen molar-refractivity contribution in [2.45, 2.75) is 18.9 Å². The topological polar surface area (TPSA) is 32.3 Å². The molecule has 1 fully saturated rings. The summed E-state index contributed by atoms with van der Waals surface area (Å²) in [6.45, 7) is 0.917.